The van der Waals surface area contributed by atoms with Crippen molar-refractivity contribution in [3.63, 3.8) is 0 Å². The Balaban J connectivity index is 1.87. The molecular formula is C20H18Cl2N3O2+. The summed E-state index contributed by atoms with van der Waals surface area (Å²) in [5, 5.41) is 3.69. The highest BCUT2D eigenvalue weighted by atomic mass is 35.5. The van der Waals surface area contributed by atoms with Crippen LogP contribution in [0.1, 0.15) is 21.7 Å². The lowest BCUT2D eigenvalue weighted by Gasteiger charge is -2.11. The molecule has 7 heteroatoms. The summed E-state index contributed by atoms with van der Waals surface area (Å²) < 4.78 is 3.74. The van der Waals surface area contributed by atoms with E-state index in [1.165, 1.54) is 0 Å². The number of imidazole rings is 1. The third-order valence-corrected chi connectivity index (χ3v) is 4.77. The number of nitrogens with one attached hydrogen (secondary N) is 1. The van der Waals surface area contributed by atoms with Gasteiger partial charge in [0, 0.05) is 28.1 Å². The molecule has 5 nitrogen and oxygen atoms in total. The molecule has 0 unspecified atom stereocenters. The minimum Gasteiger partial charge on any atom is -0.322 e. The molecule has 0 aliphatic heterocycles. The molecule has 0 aliphatic carbocycles. The van der Waals surface area contributed by atoms with E-state index in [9.17, 15) is 9.59 Å². The van der Waals surface area contributed by atoms with Crippen LogP contribution in [0.15, 0.2) is 54.9 Å². The number of carbonyl (C=O) groups excluding carboxylic acids is 2. The number of hydrogen-bond donors (Lipinski definition) is 1. The molecule has 1 heterocycles. The van der Waals surface area contributed by atoms with Crippen LogP contribution in [0.2, 0.25) is 10.0 Å². The van der Waals surface area contributed by atoms with Crippen LogP contribution in [0.4, 0.5) is 5.69 Å². The fraction of sp³-hybridized carbons (Fsp3) is 0.150. The van der Waals surface area contributed by atoms with Gasteiger partial charge in [0.2, 0.25) is 0 Å². The van der Waals surface area contributed by atoms with E-state index in [1.54, 1.807) is 42.5 Å². The summed E-state index contributed by atoms with van der Waals surface area (Å²) in [6.07, 6.45) is 3.70. The number of rotatable bonds is 5. The van der Waals surface area contributed by atoms with E-state index >= 15 is 0 Å². The summed E-state index contributed by atoms with van der Waals surface area (Å²) in [5.74, 6) is 0.441. The quantitative estimate of drug-likeness (QED) is 0.521. The van der Waals surface area contributed by atoms with Crippen LogP contribution in [-0.2, 0) is 18.4 Å². The van der Waals surface area contributed by atoms with Crippen molar-refractivity contribution in [1.82, 2.24) is 4.57 Å². The Labute approximate surface area is 167 Å². The Morgan fingerprint density at radius 1 is 1.11 bits per heavy atom. The number of benzene rings is 2. The molecule has 0 aliphatic rings. The zero-order valence-corrected chi connectivity index (χ0v) is 16.4. The van der Waals surface area contributed by atoms with Gasteiger partial charge >= 0.3 is 0 Å². The summed E-state index contributed by atoms with van der Waals surface area (Å²) in [6.45, 7) is 2.05. The molecule has 2 aromatic carbocycles. The van der Waals surface area contributed by atoms with E-state index in [-0.39, 0.29) is 18.2 Å². The second-order valence-corrected chi connectivity index (χ2v) is 7.03. The van der Waals surface area contributed by atoms with Gasteiger partial charge in [-0.15, -0.1) is 0 Å². The second-order valence-electron chi connectivity index (χ2n) is 6.16. The van der Waals surface area contributed by atoms with Crippen LogP contribution in [0, 0.1) is 6.92 Å². The molecule has 0 radical (unpaired) electrons. The molecule has 0 bridgehead atoms. The lowest BCUT2D eigenvalue weighted by atomic mass is 10.0. The van der Waals surface area contributed by atoms with Crippen molar-refractivity contribution in [2.45, 2.75) is 13.5 Å². The number of anilines is 1. The first-order chi connectivity index (χ1) is 12.8. The molecule has 138 valence electrons. The van der Waals surface area contributed by atoms with Gasteiger partial charge in [0.25, 0.3) is 11.7 Å². The van der Waals surface area contributed by atoms with Crippen molar-refractivity contribution in [2.24, 2.45) is 7.05 Å². The van der Waals surface area contributed by atoms with E-state index in [4.69, 9.17) is 23.2 Å². The molecule has 3 rings (SSSR count). The van der Waals surface area contributed by atoms with Gasteiger partial charge in [-0.1, -0.05) is 35.3 Å². The molecule has 0 fully saturated rings. The monoisotopic (exact) mass is 402 g/mol. The molecule has 1 aromatic heterocycles. The van der Waals surface area contributed by atoms with E-state index in [2.05, 4.69) is 5.32 Å². The smallest absolute Gasteiger partial charge is 0.266 e. The van der Waals surface area contributed by atoms with Crippen molar-refractivity contribution < 1.29 is 14.2 Å². The normalized spacial score (nSPS) is 10.7. The highest BCUT2D eigenvalue weighted by Gasteiger charge is 2.18. The van der Waals surface area contributed by atoms with Gasteiger partial charge in [0.05, 0.1) is 12.7 Å². The number of aryl methyl sites for hydroxylation is 1. The van der Waals surface area contributed by atoms with Gasteiger partial charge in [0.15, 0.2) is 12.3 Å². The second kappa shape index (κ2) is 7.94. The van der Waals surface area contributed by atoms with Crippen LogP contribution < -0.4 is 9.88 Å². The molecule has 3 aromatic rings. The third kappa shape index (κ3) is 4.38. The van der Waals surface area contributed by atoms with Crippen LogP contribution >= 0.6 is 23.2 Å². The van der Waals surface area contributed by atoms with Crippen LogP contribution in [0.3, 0.4) is 0 Å². The van der Waals surface area contributed by atoms with Crippen molar-refractivity contribution in [3.8, 4) is 0 Å². The first kappa shape index (κ1) is 19.1. The maximum atomic E-state index is 12.9. The number of carbonyl (C=O) groups is 2. The topological polar surface area (TPSA) is 55.0 Å². The Hall–Kier alpha value is -2.63. The van der Waals surface area contributed by atoms with Crippen LogP contribution in [-0.4, -0.2) is 16.3 Å². The molecule has 0 atom stereocenters. The zero-order valence-electron chi connectivity index (χ0n) is 14.9. The van der Waals surface area contributed by atoms with Crippen molar-refractivity contribution in [3.05, 3.63) is 81.9 Å². The third-order valence-electron chi connectivity index (χ3n) is 4.30. The Morgan fingerprint density at radius 3 is 2.52 bits per heavy atom. The average molecular weight is 403 g/mol. The maximum Gasteiger partial charge on any atom is 0.266 e. The van der Waals surface area contributed by atoms with Crippen molar-refractivity contribution >= 4 is 40.6 Å². The van der Waals surface area contributed by atoms with Crippen LogP contribution in [0.5, 0.6) is 0 Å². The molecule has 27 heavy (non-hydrogen) atoms. The molecule has 1 amide bonds. The molecule has 0 saturated heterocycles. The minimum absolute atomic E-state index is 0.129. The van der Waals surface area contributed by atoms with Crippen LogP contribution in [0.25, 0.3) is 0 Å². The van der Waals surface area contributed by atoms with E-state index in [0.29, 0.717) is 26.9 Å². The zero-order chi connectivity index (χ0) is 19.6. The van der Waals surface area contributed by atoms with E-state index < -0.39 is 0 Å². The van der Waals surface area contributed by atoms with Crippen molar-refractivity contribution in [1.29, 1.82) is 0 Å². The highest BCUT2D eigenvalue weighted by molar-refractivity contribution is 6.32. The van der Waals surface area contributed by atoms with Gasteiger partial charge in [-0.05, 0) is 30.3 Å². The molecule has 0 saturated carbocycles. The predicted molar refractivity (Wildman–Crippen MR) is 105 cm³/mol. The number of nitrogens with zero attached hydrogens (tertiary/aromatic N) is 2. The lowest BCUT2D eigenvalue weighted by Crippen LogP contribution is -2.31. The fourth-order valence-electron chi connectivity index (χ4n) is 2.71. The summed E-state index contributed by atoms with van der Waals surface area (Å²) in [6, 6.07) is 11.5. The predicted octanol–water partition coefficient (Wildman–Crippen LogP) is 3.80. The van der Waals surface area contributed by atoms with Crippen molar-refractivity contribution in [2.75, 3.05) is 5.32 Å². The maximum absolute atomic E-state index is 12.9. The molecule has 1 N–H and O–H groups in total. The first-order valence-corrected chi connectivity index (χ1v) is 9.02. The SMILES string of the molecule is Cc1n(CC(=O)Nc2cc(Cl)ccc2C(=O)c2cccc(Cl)c2)cc[n+]1C. The molecule has 0 spiro atoms. The van der Waals surface area contributed by atoms with Gasteiger partial charge in [-0.3, -0.25) is 9.59 Å². The largest absolute Gasteiger partial charge is 0.322 e. The summed E-state index contributed by atoms with van der Waals surface area (Å²) >= 11 is 12.1. The first-order valence-electron chi connectivity index (χ1n) is 8.26. The van der Waals surface area contributed by atoms with E-state index in [0.717, 1.165) is 5.82 Å². The lowest BCUT2D eigenvalue weighted by molar-refractivity contribution is -0.677. The van der Waals surface area contributed by atoms with Gasteiger partial charge in [-0.25, -0.2) is 9.13 Å². The fourth-order valence-corrected chi connectivity index (χ4v) is 3.08. The number of halogens is 2. The number of aromatic nitrogens is 2. The Kier molecular flexibility index (Phi) is 5.63. The minimum atomic E-state index is -0.253. The number of ketones is 1. The number of amides is 1. The van der Waals surface area contributed by atoms with Gasteiger partial charge in [-0.2, -0.15) is 0 Å². The standard InChI is InChI=1S/C20H17Cl2N3O2/c1-13-24(2)8-9-25(13)12-19(26)23-18-11-16(22)6-7-17(18)20(27)14-4-3-5-15(21)10-14/h3-11H,12H2,1-2H3/p+1. The number of hydrogen-bond acceptors (Lipinski definition) is 2. The summed E-state index contributed by atoms with van der Waals surface area (Å²) in [5.41, 5.74) is 1.16. The van der Waals surface area contributed by atoms with Gasteiger partial charge < -0.3 is 5.32 Å². The summed E-state index contributed by atoms with van der Waals surface area (Å²) in [7, 11) is 1.91. The average Bonchev–Trinajstić information content (AvgIpc) is 2.93. The van der Waals surface area contributed by atoms with Gasteiger partial charge in [0.1, 0.15) is 12.4 Å². The Bertz CT molecular complexity index is 1030. The van der Waals surface area contributed by atoms with E-state index in [1.807, 2.05) is 35.5 Å². The Morgan fingerprint density at radius 2 is 1.85 bits per heavy atom. The summed E-state index contributed by atoms with van der Waals surface area (Å²) in [4.78, 5) is 25.4. The highest BCUT2D eigenvalue weighted by Crippen LogP contribution is 2.25. The molecular weight excluding hydrogens is 385 g/mol.